The first kappa shape index (κ1) is 38.1. The number of furan rings is 1. The number of allylic oxidation sites excluding steroid dienone is 4. The van der Waals surface area contributed by atoms with Crippen LogP contribution in [0.4, 0.5) is 0 Å². The molecule has 3 heteroatoms. The van der Waals surface area contributed by atoms with Crippen LogP contribution in [-0.2, 0) is 0 Å². The lowest BCUT2D eigenvalue weighted by Crippen LogP contribution is -2.04. The highest BCUT2D eigenvalue weighted by Crippen LogP contribution is 2.40. The van der Waals surface area contributed by atoms with Crippen LogP contribution in [0.2, 0.25) is 0 Å². The Morgan fingerprint density at radius 3 is 1.79 bits per heavy atom. The minimum atomic E-state index is 0.776. The molecule has 0 saturated carbocycles. The Balaban J connectivity index is 0.000000154. The zero-order valence-electron chi connectivity index (χ0n) is 35.4. The van der Waals surface area contributed by atoms with Crippen LogP contribution in [0.1, 0.15) is 36.8 Å². The summed E-state index contributed by atoms with van der Waals surface area (Å²) in [7, 11) is 0. The van der Waals surface area contributed by atoms with Crippen molar-refractivity contribution in [2.45, 2.75) is 26.7 Å². The smallest absolute Gasteiger partial charge is 0.160 e. The van der Waals surface area contributed by atoms with Crippen LogP contribution >= 0.6 is 0 Å². The molecule has 0 unspecified atom stereocenters. The van der Waals surface area contributed by atoms with Gasteiger partial charge in [-0.2, -0.15) is 0 Å². The van der Waals surface area contributed by atoms with Gasteiger partial charge in [0.1, 0.15) is 11.3 Å². The van der Waals surface area contributed by atoms with Crippen LogP contribution in [0.5, 0.6) is 0 Å². The molecule has 0 saturated heterocycles. The Bertz CT molecular complexity index is 3680. The Labute approximate surface area is 366 Å². The lowest BCUT2D eigenvalue weighted by molar-refractivity contribution is 0.608. The topological polar surface area (TPSA) is 38.9 Å². The van der Waals surface area contributed by atoms with Crippen molar-refractivity contribution in [2.75, 3.05) is 0 Å². The van der Waals surface area contributed by atoms with Gasteiger partial charge in [-0.15, -0.1) is 0 Å². The Hall–Kier alpha value is -7.88. The van der Waals surface area contributed by atoms with E-state index in [1.807, 2.05) is 43.3 Å². The van der Waals surface area contributed by atoms with Gasteiger partial charge in [0.05, 0.1) is 5.69 Å². The van der Waals surface area contributed by atoms with Crippen molar-refractivity contribution in [3.63, 3.8) is 0 Å². The zero-order valence-corrected chi connectivity index (χ0v) is 35.4. The monoisotopic (exact) mass is 808 g/mol. The number of aryl methyl sites for hydroxylation is 1. The molecular weight excluding hydrogens is 765 g/mol. The van der Waals surface area contributed by atoms with E-state index < -0.39 is 0 Å². The molecule has 2 heterocycles. The Kier molecular flexibility index (Phi) is 9.59. The minimum Gasteiger partial charge on any atom is -0.456 e. The van der Waals surface area contributed by atoms with Crippen molar-refractivity contribution in [1.82, 2.24) is 9.97 Å². The maximum atomic E-state index is 6.20. The molecule has 2 aromatic heterocycles. The summed E-state index contributed by atoms with van der Waals surface area (Å²) in [5.74, 6) is 1.61. The molecule has 63 heavy (non-hydrogen) atoms. The molecule has 11 aromatic rings. The van der Waals surface area contributed by atoms with Gasteiger partial charge in [0.25, 0.3) is 0 Å². The number of rotatable bonds is 5. The zero-order chi connectivity index (χ0) is 42.4. The predicted octanol–water partition coefficient (Wildman–Crippen LogP) is 15.9. The SMILES string of the molecule is C=Cc1oc2cccc3c4cc(-c5ccc6c7ccccc7c7ccccc7c6c5)ccc4/c(=C/C)c1c23.Cc1cc(-c2cccc(C3=CCCC=C3)c2)nc(-c2ccccc2)n1. The summed E-state index contributed by atoms with van der Waals surface area (Å²) >= 11 is 0. The first-order chi connectivity index (χ1) is 31.1. The van der Waals surface area contributed by atoms with Gasteiger partial charge in [0.15, 0.2) is 5.82 Å². The Morgan fingerprint density at radius 1 is 0.508 bits per heavy atom. The van der Waals surface area contributed by atoms with E-state index in [4.69, 9.17) is 9.40 Å². The third-order valence-electron chi connectivity index (χ3n) is 12.5. The molecule has 0 atom stereocenters. The highest BCUT2D eigenvalue weighted by molar-refractivity contribution is 6.26. The van der Waals surface area contributed by atoms with Gasteiger partial charge in [0, 0.05) is 27.6 Å². The standard InChI is InChI=1S/C37H24O.C23H20N2/c1-3-24-29-18-16-23(21-33(29)31-14-9-15-35-37(31)36(24)34(4-2)38-35)22-17-19-30-27-12-6-5-10-25(27)26-11-7-8-13-28(26)32(30)20-22;1-17-15-22(25-23(24-17)19-11-6-3-7-12-19)21-14-8-13-20(16-21)18-9-4-2-5-10-18/h3-21H,2H2,1H3;3-4,6-16H,2,5H2,1H3/b24-3-;. The molecule has 12 rings (SSSR count). The number of nitrogens with zero attached hydrogens (tertiary/aromatic N) is 2. The Morgan fingerprint density at radius 2 is 1.11 bits per heavy atom. The van der Waals surface area contributed by atoms with Crippen molar-refractivity contribution < 1.29 is 4.42 Å². The van der Waals surface area contributed by atoms with Crippen molar-refractivity contribution in [3.8, 4) is 33.8 Å². The summed E-state index contributed by atoms with van der Waals surface area (Å²) < 4.78 is 6.20. The quantitative estimate of drug-likeness (QED) is 0.163. The molecule has 0 bridgehead atoms. The van der Waals surface area contributed by atoms with Gasteiger partial charge in [-0.25, -0.2) is 9.97 Å². The van der Waals surface area contributed by atoms with E-state index >= 15 is 0 Å². The van der Waals surface area contributed by atoms with E-state index in [1.165, 1.54) is 81.3 Å². The molecule has 0 aliphatic heterocycles. The van der Waals surface area contributed by atoms with Crippen LogP contribution in [0.15, 0.2) is 193 Å². The van der Waals surface area contributed by atoms with Crippen LogP contribution in [0, 0.1) is 6.92 Å². The molecule has 3 nitrogen and oxygen atoms in total. The van der Waals surface area contributed by atoms with Gasteiger partial charge >= 0.3 is 0 Å². The molecule has 0 fully saturated rings. The van der Waals surface area contributed by atoms with Crippen LogP contribution in [0.3, 0.4) is 0 Å². The third kappa shape index (κ3) is 6.70. The predicted molar refractivity (Wildman–Crippen MR) is 269 cm³/mol. The number of benzene rings is 9. The van der Waals surface area contributed by atoms with Crippen molar-refractivity contribution in [3.05, 3.63) is 211 Å². The number of fused-ring (bicyclic) bond motifs is 8. The van der Waals surface area contributed by atoms with E-state index in [0.717, 1.165) is 57.9 Å². The van der Waals surface area contributed by atoms with E-state index in [1.54, 1.807) is 0 Å². The molecular formula is C60H44N2O. The number of hydrogen-bond acceptors (Lipinski definition) is 3. The van der Waals surface area contributed by atoms with Gasteiger partial charge in [-0.05, 0) is 139 Å². The fraction of sp³-hybridized carbons (Fsp3) is 0.0667. The van der Waals surface area contributed by atoms with E-state index in [-0.39, 0.29) is 0 Å². The number of hydrogen-bond donors (Lipinski definition) is 0. The van der Waals surface area contributed by atoms with Gasteiger partial charge in [-0.1, -0.05) is 164 Å². The normalized spacial score (nSPS) is 13.0. The first-order valence-electron chi connectivity index (χ1n) is 21.8. The van der Waals surface area contributed by atoms with Crippen molar-refractivity contribution in [1.29, 1.82) is 0 Å². The van der Waals surface area contributed by atoms with Crippen molar-refractivity contribution in [2.24, 2.45) is 0 Å². The number of aromatic nitrogens is 2. The second kappa shape index (κ2) is 15.9. The molecule has 0 amide bonds. The maximum Gasteiger partial charge on any atom is 0.160 e. The van der Waals surface area contributed by atoms with Gasteiger partial charge in [0.2, 0.25) is 0 Å². The summed E-state index contributed by atoms with van der Waals surface area (Å²) in [6, 6.07) is 58.4. The van der Waals surface area contributed by atoms with Gasteiger partial charge < -0.3 is 4.42 Å². The molecule has 0 N–H and O–H groups in total. The highest BCUT2D eigenvalue weighted by atomic mass is 16.3. The molecule has 1 aliphatic carbocycles. The minimum absolute atomic E-state index is 0.776. The molecule has 1 aliphatic rings. The van der Waals surface area contributed by atoms with Crippen molar-refractivity contribution >= 4 is 82.6 Å². The average Bonchev–Trinajstić information content (AvgIpc) is 3.74. The van der Waals surface area contributed by atoms with E-state index in [9.17, 15) is 0 Å². The average molecular weight is 809 g/mol. The second-order valence-corrected chi connectivity index (χ2v) is 16.3. The molecule has 0 radical (unpaired) electrons. The summed E-state index contributed by atoms with van der Waals surface area (Å²) in [4.78, 5) is 9.42. The second-order valence-electron chi connectivity index (χ2n) is 16.3. The molecule has 300 valence electrons. The van der Waals surface area contributed by atoms with Crippen LogP contribution in [-0.4, -0.2) is 9.97 Å². The van der Waals surface area contributed by atoms with Crippen LogP contribution in [0.25, 0.3) is 116 Å². The lowest BCUT2D eigenvalue weighted by atomic mass is 9.90. The summed E-state index contributed by atoms with van der Waals surface area (Å²) in [5, 5.41) is 15.0. The largest absolute Gasteiger partial charge is 0.456 e. The fourth-order valence-electron chi connectivity index (χ4n) is 9.62. The van der Waals surface area contributed by atoms with Crippen LogP contribution < -0.4 is 5.22 Å². The maximum absolute atomic E-state index is 6.20. The molecule has 0 spiro atoms. The van der Waals surface area contributed by atoms with Gasteiger partial charge in [-0.3, -0.25) is 0 Å². The summed E-state index contributed by atoms with van der Waals surface area (Å²) in [6.07, 6.45) is 13.0. The fourth-order valence-corrected chi connectivity index (χ4v) is 9.62. The van der Waals surface area contributed by atoms with E-state index in [0.29, 0.717) is 0 Å². The lowest BCUT2D eigenvalue weighted by Gasteiger charge is -2.13. The summed E-state index contributed by atoms with van der Waals surface area (Å²) in [5.41, 5.74) is 9.99. The first-order valence-corrected chi connectivity index (χ1v) is 21.8. The third-order valence-corrected chi connectivity index (χ3v) is 12.5. The summed E-state index contributed by atoms with van der Waals surface area (Å²) in [6.45, 7) is 8.14. The molecule has 9 aromatic carbocycles. The highest BCUT2D eigenvalue weighted by Gasteiger charge is 2.17. The van der Waals surface area contributed by atoms with E-state index in [2.05, 4.69) is 176 Å².